The van der Waals surface area contributed by atoms with E-state index in [4.69, 9.17) is 9.47 Å². The van der Waals surface area contributed by atoms with Gasteiger partial charge < -0.3 is 20.1 Å². The van der Waals surface area contributed by atoms with Crippen LogP contribution < -0.4 is 20.1 Å². The monoisotopic (exact) mass is 316 g/mol. The van der Waals surface area contributed by atoms with E-state index >= 15 is 0 Å². The maximum Gasteiger partial charge on any atom is 0.251 e. The van der Waals surface area contributed by atoms with E-state index in [0.717, 1.165) is 6.54 Å². The number of hydrogen-bond donors (Lipinski definition) is 2. The smallest absolute Gasteiger partial charge is 0.251 e. The molecule has 0 aliphatic carbocycles. The van der Waals surface area contributed by atoms with Gasteiger partial charge in [0.15, 0.2) is 11.5 Å². The summed E-state index contributed by atoms with van der Waals surface area (Å²) in [5.74, 6) is 1.10. The van der Waals surface area contributed by atoms with Gasteiger partial charge in [0.2, 0.25) is 0 Å². The first-order chi connectivity index (χ1) is 9.62. The van der Waals surface area contributed by atoms with Gasteiger partial charge in [0.25, 0.3) is 5.91 Å². The fourth-order valence-corrected chi connectivity index (χ4v) is 1.85. The molecule has 0 heterocycles. The first-order valence-electron chi connectivity index (χ1n) is 6.94. The quantitative estimate of drug-likeness (QED) is 0.772. The highest BCUT2D eigenvalue weighted by Gasteiger charge is 2.11. The Bertz CT molecular complexity index is 441. The molecule has 2 N–H and O–H groups in total. The van der Waals surface area contributed by atoms with Gasteiger partial charge in [0.05, 0.1) is 13.7 Å². The van der Waals surface area contributed by atoms with E-state index < -0.39 is 0 Å². The number of nitrogens with one attached hydrogen (secondary N) is 2. The van der Waals surface area contributed by atoms with Crippen LogP contribution in [0.3, 0.4) is 0 Å². The average molecular weight is 317 g/mol. The Labute approximate surface area is 132 Å². The van der Waals surface area contributed by atoms with Gasteiger partial charge in [-0.05, 0) is 38.6 Å². The summed E-state index contributed by atoms with van der Waals surface area (Å²) in [5, 5.41) is 6.13. The number of carbonyl (C=O) groups is 1. The van der Waals surface area contributed by atoms with Gasteiger partial charge in [0, 0.05) is 18.2 Å². The van der Waals surface area contributed by atoms with E-state index in [0.29, 0.717) is 30.2 Å². The van der Waals surface area contributed by atoms with Crippen LogP contribution in [0.2, 0.25) is 0 Å². The molecule has 0 fully saturated rings. The van der Waals surface area contributed by atoms with Crippen molar-refractivity contribution < 1.29 is 14.3 Å². The molecule has 1 atom stereocenters. The minimum atomic E-state index is -0.115. The summed E-state index contributed by atoms with van der Waals surface area (Å²) in [5.41, 5.74) is 0.564. The number of hydrogen-bond acceptors (Lipinski definition) is 4. The van der Waals surface area contributed by atoms with Crippen molar-refractivity contribution in [2.24, 2.45) is 0 Å². The predicted molar refractivity (Wildman–Crippen MR) is 86.9 cm³/mol. The Morgan fingerprint density at radius 2 is 2.00 bits per heavy atom. The molecule has 0 saturated heterocycles. The van der Waals surface area contributed by atoms with Crippen LogP contribution in [0, 0.1) is 0 Å². The molecule has 0 saturated carbocycles. The van der Waals surface area contributed by atoms with Gasteiger partial charge in [0.1, 0.15) is 0 Å². The van der Waals surface area contributed by atoms with Gasteiger partial charge in [-0.2, -0.15) is 0 Å². The first kappa shape index (κ1) is 19.5. The molecule has 21 heavy (non-hydrogen) atoms. The second-order valence-electron chi connectivity index (χ2n) is 4.47. The first-order valence-corrected chi connectivity index (χ1v) is 6.94. The van der Waals surface area contributed by atoms with Crippen LogP contribution in [0.15, 0.2) is 18.2 Å². The van der Waals surface area contributed by atoms with Crippen molar-refractivity contribution in [1.29, 1.82) is 0 Å². The third kappa shape index (κ3) is 6.23. The van der Waals surface area contributed by atoms with E-state index in [9.17, 15) is 4.79 Å². The van der Waals surface area contributed by atoms with Gasteiger partial charge in [-0.3, -0.25) is 4.79 Å². The normalized spacial score (nSPS) is 11.2. The van der Waals surface area contributed by atoms with Crippen molar-refractivity contribution in [2.75, 3.05) is 26.8 Å². The molecule has 1 aromatic rings. The molecule has 0 aliphatic heterocycles. The molecule has 0 spiro atoms. The van der Waals surface area contributed by atoms with Crippen LogP contribution in [-0.4, -0.2) is 38.8 Å². The lowest BCUT2D eigenvalue weighted by molar-refractivity contribution is 0.0950. The summed E-state index contributed by atoms with van der Waals surface area (Å²) in [7, 11) is 1.56. The molecule has 1 rings (SSSR count). The molecule has 6 heteroatoms. The van der Waals surface area contributed by atoms with Crippen LogP contribution in [0.1, 0.15) is 31.1 Å². The minimum absolute atomic E-state index is 0. The fraction of sp³-hybridized carbons (Fsp3) is 0.533. The number of likely N-dealkylation sites (N-methyl/N-ethyl adjacent to an activating group) is 1. The van der Waals surface area contributed by atoms with Gasteiger partial charge in [-0.15, -0.1) is 12.4 Å². The van der Waals surface area contributed by atoms with Crippen LogP contribution in [0.5, 0.6) is 11.5 Å². The third-order valence-corrected chi connectivity index (χ3v) is 2.85. The van der Waals surface area contributed by atoms with Crippen molar-refractivity contribution in [3.05, 3.63) is 23.8 Å². The molecule has 0 radical (unpaired) electrons. The summed E-state index contributed by atoms with van der Waals surface area (Å²) < 4.78 is 10.7. The van der Waals surface area contributed by atoms with Crippen molar-refractivity contribution in [2.45, 2.75) is 26.8 Å². The number of methoxy groups -OCH3 is 1. The second-order valence-corrected chi connectivity index (χ2v) is 4.47. The zero-order chi connectivity index (χ0) is 15.0. The van der Waals surface area contributed by atoms with Crippen LogP contribution in [-0.2, 0) is 0 Å². The van der Waals surface area contributed by atoms with E-state index in [-0.39, 0.29) is 24.4 Å². The van der Waals surface area contributed by atoms with E-state index in [1.165, 1.54) is 0 Å². The van der Waals surface area contributed by atoms with Crippen LogP contribution in [0.25, 0.3) is 0 Å². The molecule has 0 aromatic heterocycles. The largest absolute Gasteiger partial charge is 0.493 e. The lowest BCUT2D eigenvalue weighted by atomic mass is 10.2. The Morgan fingerprint density at radius 3 is 2.57 bits per heavy atom. The molecular weight excluding hydrogens is 292 g/mol. The van der Waals surface area contributed by atoms with E-state index in [1.54, 1.807) is 25.3 Å². The van der Waals surface area contributed by atoms with E-state index in [1.807, 2.05) is 20.8 Å². The minimum Gasteiger partial charge on any atom is -0.493 e. The summed E-state index contributed by atoms with van der Waals surface area (Å²) in [4.78, 5) is 12.1. The number of benzene rings is 1. The van der Waals surface area contributed by atoms with Crippen molar-refractivity contribution >= 4 is 18.3 Å². The standard InChI is InChI=1S/C15H24N2O3.ClH/c1-5-16-11(3)10-17-15(18)12-7-8-13(20-6-2)14(9-12)19-4;/h7-9,11,16H,5-6,10H2,1-4H3,(H,17,18);1H/t11-;/m1./s1. The highest BCUT2D eigenvalue weighted by Crippen LogP contribution is 2.27. The maximum atomic E-state index is 12.1. The van der Waals surface area contributed by atoms with Crippen LogP contribution >= 0.6 is 12.4 Å². The third-order valence-electron chi connectivity index (χ3n) is 2.85. The van der Waals surface area contributed by atoms with Crippen molar-refractivity contribution in [3.8, 4) is 11.5 Å². The van der Waals surface area contributed by atoms with Gasteiger partial charge in [-0.1, -0.05) is 6.92 Å². The Hall–Kier alpha value is -1.46. The van der Waals surface area contributed by atoms with Crippen LogP contribution in [0.4, 0.5) is 0 Å². The summed E-state index contributed by atoms with van der Waals surface area (Å²) in [6.45, 7) is 8.00. The number of rotatable bonds is 8. The topological polar surface area (TPSA) is 59.6 Å². The zero-order valence-corrected chi connectivity index (χ0v) is 13.9. The number of halogens is 1. The highest BCUT2D eigenvalue weighted by molar-refractivity contribution is 5.94. The zero-order valence-electron chi connectivity index (χ0n) is 13.1. The molecule has 0 unspecified atom stereocenters. The molecule has 1 aromatic carbocycles. The lowest BCUT2D eigenvalue weighted by Gasteiger charge is -2.14. The summed E-state index contributed by atoms with van der Waals surface area (Å²) >= 11 is 0. The molecule has 0 aliphatic rings. The van der Waals surface area contributed by atoms with E-state index in [2.05, 4.69) is 10.6 Å². The maximum absolute atomic E-state index is 12.1. The molecular formula is C15H25ClN2O3. The number of ether oxygens (including phenoxy) is 2. The Kier molecular flexibility index (Phi) is 9.58. The van der Waals surface area contributed by atoms with Crippen molar-refractivity contribution in [3.63, 3.8) is 0 Å². The van der Waals surface area contributed by atoms with Gasteiger partial charge in [-0.25, -0.2) is 0 Å². The second kappa shape index (κ2) is 10.3. The summed E-state index contributed by atoms with van der Waals surface area (Å²) in [6.07, 6.45) is 0. The van der Waals surface area contributed by atoms with Crippen molar-refractivity contribution in [1.82, 2.24) is 10.6 Å². The number of carbonyl (C=O) groups excluding carboxylic acids is 1. The molecule has 0 bridgehead atoms. The fourth-order valence-electron chi connectivity index (χ4n) is 1.85. The molecule has 1 amide bonds. The number of amides is 1. The highest BCUT2D eigenvalue weighted by atomic mass is 35.5. The SMILES string of the molecule is CCN[C@H](C)CNC(=O)c1ccc(OCC)c(OC)c1.Cl. The average Bonchev–Trinajstić information content (AvgIpc) is 2.45. The molecule has 5 nitrogen and oxygen atoms in total. The Morgan fingerprint density at radius 1 is 1.29 bits per heavy atom. The molecule has 120 valence electrons. The lowest BCUT2D eigenvalue weighted by Crippen LogP contribution is -2.38. The summed E-state index contributed by atoms with van der Waals surface area (Å²) in [6, 6.07) is 5.43. The Balaban J connectivity index is 0.00000400. The predicted octanol–water partition coefficient (Wildman–Crippen LogP) is 2.24. The van der Waals surface area contributed by atoms with Gasteiger partial charge >= 0.3 is 0 Å².